The Morgan fingerprint density at radius 1 is 1.30 bits per heavy atom. The third-order valence-electron chi connectivity index (χ3n) is 4.23. The zero-order valence-electron chi connectivity index (χ0n) is 11.1. The molecule has 1 amide bonds. The topological polar surface area (TPSA) is 40.5 Å². The molecule has 1 aliphatic heterocycles. The summed E-state index contributed by atoms with van der Waals surface area (Å²) in [5.74, 6) is -1.45. The lowest BCUT2D eigenvalue weighted by Crippen LogP contribution is -2.64. The monoisotopic (exact) mass is 281 g/mol. The van der Waals surface area contributed by atoms with Gasteiger partial charge in [-0.15, -0.1) is 0 Å². The van der Waals surface area contributed by atoms with Crippen LogP contribution in [0.25, 0.3) is 0 Å². The van der Waals surface area contributed by atoms with Gasteiger partial charge in [0.15, 0.2) is 11.6 Å². The maximum atomic E-state index is 13.0. The molecule has 3 nitrogen and oxygen atoms in total. The van der Waals surface area contributed by atoms with Crippen LogP contribution in [0.3, 0.4) is 0 Å². The van der Waals surface area contributed by atoms with Crippen molar-refractivity contribution in [2.24, 2.45) is 5.92 Å². The number of hydrogen-bond donors (Lipinski definition) is 1. The third-order valence-corrected chi connectivity index (χ3v) is 4.23. The molecule has 0 radical (unpaired) electrons. The molecule has 5 heteroatoms. The van der Waals surface area contributed by atoms with Crippen LogP contribution >= 0.6 is 0 Å². The highest BCUT2D eigenvalue weighted by Gasteiger charge is 2.52. The standard InChI is InChI=1S/C15H17F2NO2/c16-12-5-1-10(7-13(12)17)2-6-14(19)18-8-15(20,9-18)11-3-4-11/h1,5,7,11,20H,2-4,6,8-9H2. The molecular formula is C15H17F2NO2. The van der Waals surface area contributed by atoms with Gasteiger partial charge in [-0.2, -0.15) is 0 Å². The molecule has 1 N–H and O–H groups in total. The SMILES string of the molecule is O=C(CCc1ccc(F)c(F)c1)N1CC(O)(C2CC2)C1. The minimum atomic E-state index is -0.887. The van der Waals surface area contributed by atoms with Crippen LogP contribution in [0.4, 0.5) is 8.78 Å². The van der Waals surface area contributed by atoms with Crippen LogP contribution in [0.1, 0.15) is 24.8 Å². The number of aryl methyl sites for hydroxylation is 1. The fraction of sp³-hybridized carbons (Fsp3) is 0.533. The largest absolute Gasteiger partial charge is 0.386 e. The number of halogens is 2. The lowest BCUT2D eigenvalue weighted by Gasteiger charge is -2.47. The van der Waals surface area contributed by atoms with Gasteiger partial charge in [0.25, 0.3) is 0 Å². The second-order valence-electron chi connectivity index (χ2n) is 5.88. The van der Waals surface area contributed by atoms with Gasteiger partial charge in [0, 0.05) is 6.42 Å². The Labute approximate surface area is 116 Å². The molecule has 1 aromatic rings. The van der Waals surface area contributed by atoms with Crippen LogP contribution in [0, 0.1) is 17.6 Å². The van der Waals surface area contributed by atoms with Gasteiger partial charge in [0.05, 0.1) is 13.1 Å². The Balaban J connectivity index is 1.49. The van der Waals surface area contributed by atoms with Crippen LogP contribution in [0.2, 0.25) is 0 Å². The minimum absolute atomic E-state index is 0.0416. The predicted octanol–water partition coefficient (Wildman–Crippen LogP) is 1.88. The summed E-state index contributed by atoms with van der Waals surface area (Å²) in [7, 11) is 0. The van der Waals surface area contributed by atoms with E-state index in [9.17, 15) is 18.7 Å². The maximum Gasteiger partial charge on any atom is 0.223 e. The first-order valence-corrected chi connectivity index (χ1v) is 6.92. The summed E-state index contributed by atoms with van der Waals surface area (Å²) in [5, 5.41) is 10.1. The van der Waals surface area contributed by atoms with Crippen molar-refractivity contribution in [3.8, 4) is 0 Å². The smallest absolute Gasteiger partial charge is 0.223 e. The zero-order valence-corrected chi connectivity index (χ0v) is 11.1. The summed E-state index contributed by atoms with van der Waals surface area (Å²) < 4.78 is 25.8. The van der Waals surface area contributed by atoms with Crippen molar-refractivity contribution in [1.29, 1.82) is 0 Å². The maximum absolute atomic E-state index is 13.0. The molecule has 1 aliphatic carbocycles. The quantitative estimate of drug-likeness (QED) is 0.915. The van der Waals surface area contributed by atoms with E-state index in [0.29, 0.717) is 31.0 Å². The molecular weight excluding hydrogens is 264 g/mol. The molecule has 0 spiro atoms. The summed E-state index contributed by atoms with van der Waals surface area (Å²) in [6.07, 6.45) is 2.74. The average molecular weight is 281 g/mol. The van der Waals surface area contributed by atoms with Crippen molar-refractivity contribution in [3.05, 3.63) is 35.4 Å². The van der Waals surface area contributed by atoms with E-state index in [0.717, 1.165) is 25.0 Å². The van der Waals surface area contributed by atoms with E-state index in [1.165, 1.54) is 6.07 Å². The normalized spacial score (nSPS) is 20.6. The summed E-state index contributed by atoms with van der Waals surface area (Å²) in [6.45, 7) is 0.822. The predicted molar refractivity (Wildman–Crippen MR) is 68.9 cm³/mol. The van der Waals surface area contributed by atoms with Crippen LogP contribution < -0.4 is 0 Å². The Morgan fingerprint density at radius 3 is 2.60 bits per heavy atom. The lowest BCUT2D eigenvalue weighted by molar-refractivity contribution is -0.159. The van der Waals surface area contributed by atoms with Gasteiger partial charge < -0.3 is 10.0 Å². The molecule has 1 saturated carbocycles. The van der Waals surface area contributed by atoms with E-state index in [1.54, 1.807) is 4.90 Å². The highest BCUT2D eigenvalue weighted by Crippen LogP contribution is 2.44. The van der Waals surface area contributed by atoms with Gasteiger partial charge in [0.2, 0.25) is 5.91 Å². The first-order valence-electron chi connectivity index (χ1n) is 6.92. The average Bonchev–Trinajstić information content (AvgIpc) is 3.20. The van der Waals surface area contributed by atoms with Crippen molar-refractivity contribution in [3.63, 3.8) is 0 Å². The van der Waals surface area contributed by atoms with E-state index in [-0.39, 0.29) is 12.3 Å². The van der Waals surface area contributed by atoms with Crippen LogP contribution in [-0.2, 0) is 11.2 Å². The molecule has 0 aromatic heterocycles. The minimum Gasteiger partial charge on any atom is -0.386 e. The second kappa shape index (κ2) is 4.81. The first kappa shape index (κ1) is 13.5. The van der Waals surface area contributed by atoms with Crippen molar-refractivity contribution in [2.75, 3.05) is 13.1 Å². The zero-order chi connectivity index (χ0) is 14.3. The molecule has 2 fully saturated rings. The Morgan fingerprint density at radius 2 is 2.00 bits per heavy atom. The number of aliphatic hydroxyl groups is 1. The molecule has 1 heterocycles. The van der Waals surface area contributed by atoms with E-state index in [2.05, 4.69) is 0 Å². The van der Waals surface area contributed by atoms with Gasteiger partial charge in [-0.25, -0.2) is 8.78 Å². The number of rotatable bonds is 4. The van der Waals surface area contributed by atoms with E-state index >= 15 is 0 Å². The van der Waals surface area contributed by atoms with E-state index in [4.69, 9.17) is 0 Å². The first-order chi connectivity index (χ1) is 9.48. The number of amides is 1. The number of hydrogen-bond acceptors (Lipinski definition) is 2. The molecule has 108 valence electrons. The van der Waals surface area contributed by atoms with Crippen molar-refractivity contribution >= 4 is 5.91 Å². The number of carbonyl (C=O) groups is 1. The second-order valence-corrected chi connectivity index (χ2v) is 5.88. The Bertz CT molecular complexity index is 537. The molecule has 1 saturated heterocycles. The molecule has 0 bridgehead atoms. The third kappa shape index (κ3) is 2.54. The van der Waals surface area contributed by atoms with Gasteiger partial charge in [-0.1, -0.05) is 6.07 Å². The summed E-state index contributed by atoms with van der Waals surface area (Å²) in [6, 6.07) is 3.69. The fourth-order valence-electron chi connectivity index (χ4n) is 2.77. The summed E-state index contributed by atoms with van der Waals surface area (Å²) >= 11 is 0. The van der Waals surface area contributed by atoms with Crippen LogP contribution in [0.15, 0.2) is 18.2 Å². The number of likely N-dealkylation sites (tertiary alicyclic amines) is 1. The van der Waals surface area contributed by atoms with Crippen molar-refractivity contribution in [2.45, 2.75) is 31.3 Å². The molecule has 1 aromatic carbocycles. The van der Waals surface area contributed by atoms with Crippen molar-refractivity contribution < 1.29 is 18.7 Å². The Kier molecular flexibility index (Phi) is 3.24. The van der Waals surface area contributed by atoms with Gasteiger partial charge in [-0.3, -0.25) is 4.79 Å². The summed E-state index contributed by atoms with van der Waals surface area (Å²) in [4.78, 5) is 13.6. The van der Waals surface area contributed by atoms with Gasteiger partial charge in [-0.05, 0) is 42.9 Å². The van der Waals surface area contributed by atoms with Crippen LogP contribution in [0.5, 0.6) is 0 Å². The van der Waals surface area contributed by atoms with E-state index in [1.807, 2.05) is 0 Å². The number of benzene rings is 1. The number of nitrogens with zero attached hydrogens (tertiary/aromatic N) is 1. The van der Waals surface area contributed by atoms with Crippen LogP contribution in [-0.4, -0.2) is 34.6 Å². The highest BCUT2D eigenvalue weighted by molar-refractivity contribution is 5.77. The Hall–Kier alpha value is -1.49. The van der Waals surface area contributed by atoms with Gasteiger partial charge in [0.1, 0.15) is 5.60 Å². The fourth-order valence-corrected chi connectivity index (χ4v) is 2.77. The lowest BCUT2D eigenvalue weighted by atomic mass is 9.88. The molecule has 20 heavy (non-hydrogen) atoms. The molecule has 0 unspecified atom stereocenters. The number of β-amino-alcohol motifs (C(OH)–C–C–N with tert-alkyl or cyclic N) is 1. The van der Waals surface area contributed by atoms with Gasteiger partial charge >= 0.3 is 0 Å². The molecule has 0 atom stereocenters. The molecule has 3 rings (SSSR count). The summed E-state index contributed by atoms with van der Waals surface area (Å²) in [5.41, 5.74) is -0.0623. The highest BCUT2D eigenvalue weighted by atomic mass is 19.2. The van der Waals surface area contributed by atoms with E-state index < -0.39 is 17.2 Å². The molecule has 2 aliphatic rings. The number of carbonyl (C=O) groups excluding carboxylic acids is 1. The van der Waals surface area contributed by atoms with Crippen molar-refractivity contribution in [1.82, 2.24) is 4.90 Å².